The molecule has 15 nitrogen and oxygen atoms in total. The van der Waals surface area contributed by atoms with Crippen molar-refractivity contribution in [3.8, 4) is 0 Å². The zero-order valence-electron chi connectivity index (χ0n) is 24.4. The molecule has 41 heavy (non-hydrogen) atoms. The maximum absolute atomic E-state index is 13.3. The fraction of sp³-hybridized carbons (Fsp3) is 0.731. The van der Waals surface area contributed by atoms with Crippen molar-refractivity contribution in [1.29, 1.82) is 0 Å². The first-order valence-electron chi connectivity index (χ1n) is 13.5. The van der Waals surface area contributed by atoms with Crippen molar-refractivity contribution in [3.05, 3.63) is 0 Å². The summed E-state index contributed by atoms with van der Waals surface area (Å²) < 4.78 is 0. The van der Waals surface area contributed by atoms with E-state index in [4.69, 9.17) is 10.8 Å². The molecule has 0 aliphatic rings. The lowest BCUT2D eigenvalue weighted by Crippen LogP contribution is -2.60. The summed E-state index contributed by atoms with van der Waals surface area (Å²) in [5.41, 5.74) is 5.77. The van der Waals surface area contributed by atoms with Crippen molar-refractivity contribution < 1.29 is 48.9 Å². The van der Waals surface area contributed by atoms with Gasteiger partial charge < -0.3 is 42.3 Å². The molecule has 0 aliphatic heterocycles. The molecule has 0 spiro atoms. The molecule has 9 N–H and O–H groups in total. The van der Waals surface area contributed by atoms with Crippen LogP contribution in [0, 0.1) is 17.8 Å². The summed E-state index contributed by atoms with van der Waals surface area (Å²) in [4.78, 5) is 85.6. The monoisotopic (exact) mass is 587 g/mol. The Bertz CT molecular complexity index is 955. The number of carbonyl (C=O) groups excluding carboxylic acids is 4. The van der Waals surface area contributed by atoms with Crippen LogP contribution in [0.5, 0.6) is 0 Å². The third kappa shape index (κ3) is 13.9. The van der Waals surface area contributed by atoms with Gasteiger partial charge in [0.25, 0.3) is 0 Å². The summed E-state index contributed by atoms with van der Waals surface area (Å²) in [6.07, 6.45) is -0.806. The van der Waals surface area contributed by atoms with Gasteiger partial charge in [-0.15, -0.1) is 0 Å². The molecular weight excluding hydrogens is 542 g/mol. The lowest BCUT2D eigenvalue weighted by atomic mass is 9.96. The molecule has 15 heteroatoms. The van der Waals surface area contributed by atoms with Gasteiger partial charge in [-0.2, -0.15) is 0 Å². The summed E-state index contributed by atoms with van der Waals surface area (Å²) >= 11 is 0. The quantitative estimate of drug-likeness (QED) is 0.0949. The molecule has 0 rings (SSSR count). The molecule has 0 fully saturated rings. The van der Waals surface area contributed by atoms with Crippen LogP contribution < -0.4 is 27.0 Å². The van der Waals surface area contributed by atoms with Gasteiger partial charge in [0.2, 0.25) is 23.6 Å². The highest BCUT2D eigenvalue weighted by Crippen LogP contribution is 2.12. The number of nitrogens with one attached hydrogen (secondary N) is 4. The fourth-order valence-electron chi connectivity index (χ4n) is 3.76. The molecule has 234 valence electrons. The van der Waals surface area contributed by atoms with E-state index >= 15 is 0 Å². The number of nitrogens with two attached hydrogens (primary N) is 1. The third-order valence-corrected chi connectivity index (χ3v) is 6.38. The van der Waals surface area contributed by atoms with Crippen molar-refractivity contribution in [2.45, 2.75) is 104 Å². The Kier molecular flexibility index (Phi) is 16.2. The maximum Gasteiger partial charge on any atom is 0.326 e. The second kappa shape index (κ2) is 17.8. The minimum atomic E-state index is -1.63. The van der Waals surface area contributed by atoms with Crippen LogP contribution >= 0.6 is 0 Å². The van der Waals surface area contributed by atoms with Gasteiger partial charge >= 0.3 is 17.9 Å². The van der Waals surface area contributed by atoms with E-state index in [0.29, 0.717) is 6.42 Å². The van der Waals surface area contributed by atoms with Gasteiger partial charge in [0, 0.05) is 6.42 Å². The van der Waals surface area contributed by atoms with E-state index in [1.807, 2.05) is 0 Å². The largest absolute Gasteiger partial charge is 0.481 e. The minimum Gasteiger partial charge on any atom is -0.481 e. The molecule has 4 amide bonds. The summed E-state index contributed by atoms with van der Waals surface area (Å²) in [6, 6.07) is -6.52. The van der Waals surface area contributed by atoms with Gasteiger partial charge in [0.1, 0.15) is 24.2 Å². The van der Waals surface area contributed by atoms with E-state index in [1.165, 1.54) is 0 Å². The van der Waals surface area contributed by atoms with E-state index in [1.54, 1.807) is 41.5 Å². The van der Waals surface area contributed by atoms with Gasteiger partial charge in [-0.1, -0.05) is 48.0 Å². The summed E-state index contributed by atoms with van der Waals surface area (Å²) in [5, 5.41) is 37.1. The SMILES string of the molecule is CC[C@H](C)[C@H](NC(=O)[C@@H](N)CCC(=O)O)C(=O)N[C@@H](CC(C)C)C(=O)N[C@@H](CC(=O)O)C(=O)N[C@H](C(=O)O)C(C)C. The summed E-state index contributed by atoms with van der Waals surface area (Å²) in [7, 11) is 0. The highest BCUT2D eigenvalue weighted by atomic mass is 16.4. The van der Waals surface area contributed by atoms with E-state index < -0.39 is 90.0 Å². The highest BCUT2D eigenvalue weighted by Gasteiger charge is 2.34. The van der Waals surface area contributed by atoms with Crippen molar-refractivity contribution in [2.24, 2.45) is 23.5 Å². The van der Waals surface area contributed by atoms with E-state index in [2.05, 4.69) is 21.3 Å². The standard InChI is InChI=1S/C26H45N5O10/c1-7-14(6)21(31-22(36)15(27)8-9-18(32)33)25(39)29-16(10-12(2)3)23(37)28-17(11-19(34)35)24(38)30-20(13(4)5)26(40)41/h12-17,20-21H,7-11,27H2,1-6H3,(H,28,37)(H,29,39)(H,30,38)(H,31,36)(H,32,33)(H,34,35)(H,40,41)/t14-,15-,16-,17-,20-,21-/m0/s1. The first-order valence-corrected chi connectivity index (χ1v) is 13.5. The van der Waals surface area contributed by atoms with Crippen molar-refractivity contribution in [1.82, 2.24) is 21.3 Å². The molecule has 0 heterocycles. The van der Waals surface area contributed by atoms with E-state index in [9.17, 15) is 43.8 Å². The Balaban J connectivity index is 5.89. The van der Waals surface area contributed by atoms with Crippen LogP contribution in [0.25, 0.3) is 0 Å². The molecule has 0 aromatic heterocycles. The molecule has 0 aliphatic carbocycles. The zero-order chi connectivity index (χ0) is 32.0. The number of rotatable bonds is 19. The van der Waals surface area contributed by atoms with Crippen LogP contribution in [-0.4, -0.2) is 87.1 Å². The number of hydrogen-bond acceptors (Lipinski definition) is 8. The molecule has 0 unspecified atom stereocenters. The van der Waals surface area contributed by atoms with Gasteiger partial charge in [-0.3, -0.25) is 28.8 Å². The van der Waals surface area contributed by atoms with Crippen LogP contribution in [0.15, 0.2) is 0 Å². The number of hydrogen-bond donors (Lipinski definition) is 8. The molecule has 0 aromatic rings. The van der Waals surface area contributed by atoms with Crippen molar-refractivity contribution in [2.75, 3.05) is 0 Å². The predicted octanol–water partition coefficient (Wildman–Crippen LogP) is -0.575. The molecule has 6 atom stereocenters. The molecule has 0 radical (unpaired) electrons. The second-order valence-corrected chi connectivity index (χ2v) is 10.8. The Morgan fingerprint density at radius 1 is 0.683 bits per heavy atom. The predicted molar refractivity (Wildman–Crippen MR) is 146 cm³/mol. The lowest BCUT2D eigenvalue weighted by Gasteiger charge is -2.29. The van der Waals surface area contributed by atoms with Gasteiger partial charge in [-0.05, 0) is 30.6 Å². The first kappa shape index (κ1) is 37.2. The molecule has 0 aromatic carbocycles. The van der Waals surface area contributed by atoms with E-state index in [0.717, 1.165) is 0 Å². The lowest BCUT2D eigenvalue weighted by molar-refractivity contribution is -0.144. The van der Waals surface area contributed by atoms with Gasteiger partial charge in [0.15, 0.2) is 0 Å². The molecule has 0 bridgehead atoms. The number of carboxylic acid groups (broad SMARTS) is 3. The average molecular weight is 588 g/mol. The zero-order valence-corrected chi connectivity index (χ0v) is 24.4. The number of aliphatic carboxylic acids is 3. The summed E-state index contributed by atoms with van der Waals surface area (Å²) in [5.74, 6) is -8.35. The van der Waals surface area contributed by atoms with Crippen LogP contribution in [0.3, 0.4) is 0 Å². The van der Waals surface area contributed by atoms with Gasteiger partial charge in [0.05, 0.1) is 12.5 Å². The number of carbonyl (C=O) groups is 7. The number of carboxylic acids is 3. The molecule has 0 saturated heterocycles. The fourth-order valence-corrected chi connectivity index (χ4v) is 3.76. The van der Waals surface area contributed by atoms with Crippen LogP contribution in [-0.2, 0) is 33.6 Å². The Hall–Kier alpha value is -3.75. The average Bonchev–Trinajstić information content (AvgIpc) is 2.86. The van der Waals surface area contributed by atoms with Crippen LogP contribution in [0.4, 0.5) is 0 Å². The van der Waals surface area contributed by atoms with Crippen LogP contribution in [0.1, 0.15) is 73.6 Å². The van der Waals surface area contributed by atoms with Crippen LogP contribution in [0.2, 0.25) is 0 Å². The second-order valence-electron chi connectivity index (χ2n) is 10.8. The van der Waals surface area contributed by atoms with Crippen molar-refractivity contribution >= 4 is 41.5 Å². The smallest absolute Gasteiger partial charge is 0.326 e. The molecule has 0 saturated carbocycles. The summed E-state index contributed by atoms with van der Waals surface area (Å²) in [6.45, 7) is 10.1. The number of amides is 4. The minimum absolute atomic E-state index is 0.0853. The van der Waals surface area contributed by atoms with Crippen molar-refractivity contribution in [3.63, 3.8) is 0 Å². The molecular formula is C26H45N5O10. The third-order valence-electron chi connectivity index (χ3n) is 6.38. The highest BCUT2D eigenvalue weighted by molar-refractivity contribution is 5.96. The Morgan fingerprint density at radius 2 is 1.20 bits per heavy atom. The maximum atomic E-state index is 13.3. The van der Waals surface area contributed by atoms with E-state index in [-0.39, 0.29) is 25.2 Å². The first-order chi connectivity index (χ1) is 18.9. The normalized spacial score (nSPS) is 15.5. The Labute approximate surface area is 239 Å². The van der Waals surface area contributed by atoms with Gasteiger partial charge in [-0.25, -0.2) is 4.79 Å². The Morgan fingerprint density at radius 3 is 1.63 bits per heavy atom. The topological polar surface area (TPSA) is 254 Å².